The average molecular weight is 324 g/mol. The number of imidazole rings is 1. The lowest BCUT2D eigenvalue weighted by Crippen LogP contribution is -2.10. The minimum absolute atomic E-state index is 0.424. The van der Waals surface area contributed by atoms with Gasteiger partial charge in [-0.15, -0.1) is 0 Å². The summed E-state index contributed by atoms with van der Waals surface area (Å²) in [6.07, 6.45) is 3.82. The molecule has 6 heteroatoms. The molecule has 0 aliphatic rings. The number of aryl methyl sites for hydroxylation is 1. The highest BCUT2D eigenvalue weighted by Crippen LogP contribution is 2.19. The van der Waals surface area contributed by atoms with E-state index in [2.05, 4.69) is 58.4 Å². The van der Waals surface area contributed by atoms with E-state index in [0.717, 1.165) is 31.6 Å². The number of benzene rings is 1. The molecule has 0 aliphatic carbocycles. The summed E-state index contributed by atoms with van der Waals surface area (Å²) in [5.74, 6) is 1.51. The average Bonchev–Trinajstić information content (AvgIpc) is 2.95. The van der Waals surface area contributed by atoms with Crippen LogP contribution in [0.15, 0.2) is 36.7 Å². The number of fused-ring (bicyclic) bond motifs is 1. The summed E-state index contributed by atoms with van der Waals surface area (Å²) in [4.78, 5) is 13.2. The Balaban J connectivity index is 1.66. The molecule has 2 aromatic heterocycles. The van der Waals surface area contributed by atoms with Crippen LogP contribution in [-0.2, 0) is 13.0 Å². The minimum Gasteiger partial charge on any atom is -0.382 e. The fourth-order valence-electron chi connectivity index (χ4n) is 2.71. The normalized spacial score (nSPS) is 11.3. The summed E-state index contributed by atoms with van der Waals surface area (Å²) in [5.41, 5.74) is 8.83. The molecule has 126 valence electrons. The number of rotatable bonds is 7. The zero-order valence-corrected chi connectivity index (χ0v) is 14.2. The molecule has 0 fully saturated rings. The highest BCUT2D eigenvalue weighted by Gasteiger charge is 2.11. The molecule has 0 bridgehead atoms. The van der Waals surface area contributed by atoms with E-state index in [-0.39, 0.29) is 0 Å². The molecule has 3 aromatic rings. The molecule has 0 saturated heterocycles. The second-order valence-electron chi connectivity index (χ2n) is 6.41. The predicted molar refractivity (Wildman–Crippen MR) is 97.8 cm³/mol. The molecule has 0 aliphatic heterocycles. The van der Waals surface area contributed by atoms with Crippen LogP contribution in [0.4, 0.5) is 11.8 Å². The second-order valence-corrected chi connectivity index (χ2v) is 6.41. The first-order chi connectivity index (χ1) is 11.6. The van der Waals surface area contributed by atoms with Gasteiger partial charge in [0, 0.05) is 13.1 Å². The smallest absolute Gasteiger partial charge is 0.226 e. The number of nitrogens with zero attached hydrogens (tertiary/aromatic N) is 4. The van der Waals surface area contributed by atoms with Crippen LogP contribution >= 0.6 is 0 Å². The summed E-state index contributed by atoms with van der Waals surface area (Å²) in [6, 6.07) is 10.5. The van der Waals surface area contributed by atoms with Gasteiger partial charge < -0.3 is 15.6 Å². The van der Waals surface area contributed by atoms with Gasteiger partial charge in [-0.1, -0.05) is 44.2 Å². The molecule has 2 heterocycles. The molecule has 0 amide bonds. The van der Waals surface area contributed by atoms with E-state index in [4.69, 9.17) is 5.73 Å². The van der Waals surface area contributed by atoms with Crippen LogP contribution in [0.5, 0.6) is 0 Å². The number of hydrogen-bond acceptors (Lipinski definition) is 5. The number of hydrogen-bond donors (Lipinski definition) is 2. The summed E-state index contributed by atoms with van der Waals surface area (Å²) >= 11 is 0. The summed E-state index contributed by atoms with van der Waals surface area (Å²) in [5, 5.41) is 3.27. The zero-order valence-electron chi connectivity index (χ0n) is 14.2. The zero-order chi connectivity index (χ0) is 16.9. The van der Waals surface area contributed by atoms with Crippen LogP contribution in [0.3, 0.4) is 0 Å². The summed E-state index contributed by atoms with van der Waals surface area (Å²) < 4.78 is 2.03. The molecule has 3 N–H and O–H groups in total. The van der Waals surface area contributed by atoms with Crippen LogP contribution in [0.1, 0.15) is 25.8 Å². The van der Waals surface area contributed by atoms with Crippen molar-refractivity contribution < 1.29 is 0 Å². The van der Waals surface area contributed by atoms with Gasteiger partial charge in [-0.05, 0) is 24.3 Å². The first-order valence-corrected chi connectivity index (χ1v) is 8.39. The lowest BCUT2D eigenvalue weighted by Gasteiger charge is -2.09. The van der Waals surface area contributed by atoms with Gasteiger partial charge in [0.2, 0.25) is 5.95 Å². The van der Waals surface area contributed by atoms with Crippen LogP contribution in [0, 0.1) is 5.92 Å². The Labute approximate surface area is 142 Å². The SMILES string of the molecule is CC(C)Cn1cnc2c(N)nc(NCCCc3ccccc3)nc21. The maximum Gasteiger partial charge on any atom is 0.226 e. The number of anilines is 2. The largest absolute Gasteiger partial charge is 0.382 e. The molecule has 24 heavy (non-hydrogen) atoms. The summed E-state index contributed by atoms with van der Waals surface area (Å²) in [7, 11) is 0. The van der Waals surface area contributed by atoms with Gasteiger partial charge in [0.25, 0.3) is 0 Å². The first kappa shape index (κ1) is 16.2. The lowest BCUT2D eigenvalue weighted by molar-refractivity contribution is 0.530. The van der Waals surface area contributed by atoms with E-state index in [1.165, 1.54) is 5.56 Å². The fraction of sp³-hybridized carbons (Fsp3) is 0.389. The van der Waals surface area contributed by atoms with Gasteiger partial charge in [0.05, 0.1) is 6.33 Å². The molecule has 1 aromatic carbocycles. The molecule has 0 unspecified atom stereocenters. The Morgan fingerprint density at radius 1 is 1.17 bits per heavy atom. The number of nitrogen functional groups attached to an aromatic ring is 1. The third-order valence-corrected chi connectivity index (χ3v) is 3.82. The first-order valence-electron chi connectivity index (χ1n) is 8.39. The Morgan fingerprint density at radius 3 is 2.71 bits per heavy atom. The van der Waals surface area contributed by atoms with Crippen LogP contribution in [0.2, 0.25) is 0 Å². The van der Waals surface area contributed by atoms with Crippen LogP contribution in [0.25, 0.3) is 11.2 Å². The van der Waals surface area contributed by atoms with Crippen molar-refractivity contribution in [3.63, 3.8) is 0 Å². The van der Waals surface area contributed by atoms with E-state index in [1.54, 1.807) is 6.33 Å². The Bertz CT molecular complexity index is 794. The van der Waals surface area contributed by atoms with E-state index in [9.17, 15) is 0 Å². The van der Waals surface area contributed by atoms with E-state index in [1.807, 2.05) is 10.6 Å². The fourth-order valence-corrected chi connectivity index (χ4v) is 2.71. The van der Waals surface area contributed by atoms with Crippen molar-refractivity contribution >= 4 is 22.9 Å². The summed E-state index contributed by atoms with van der Waals surface area (Å²) in [6.45, 7) is 6.00. The molecular weight excluding hydrogens is 300 g/mol. The highest BCUT2D eigenvalue weighted by molar-refractivity contribution is 5.82. The molecule has 3 rings (SSSR count). The number of nitrogens with two attached hydrogens (primary N) is 1. The quantitative estimate of drug-likeness (QED) is 0.653. The number of aromatic nitrogens is 4. The third kappa shape index (κ3) is 3.82. The lowest BCUT2D eigenvalue weighted by atomic mass is 10.1. The van der Waals surface area contributed by atoms with E-state index < -0.39 is 0 Å². The van der Waals surface area contributed by atoms with Gasteiger partial charge in [0.15, 0.2) is 11.5 Å². The maximum absolute atomic E-state index is 6.03. The molecular formula is C18H24N6. The predicted octanol–water partition coefficient (Wildman–Crippen LogP) is 3.11. The highest BCUT2D eigenvalue weighted by atomic mass is 15.2. The standard InChI is InChI=1S/C18H24N6/c1-13(2)11-24-12-21-15-16(19)22-18(23-17(15)24)20-10-6-9-14-7-4-3-5-8-14/h3-5,7-8,12-13H,6,9-11H2,1-2H3,(H3,19,20,22,23). The van der Waals surface area contributed by atoms with Crippen LogP contribution < -0.4 is 11.1 Å². The number of nitrogens with one attached hydrogen (secondary N) is 1. The van der Waals surface area contributed by atoms with Crippen molar-refractivity contribution in [2.45, 2.75) is 33.2 Å². The molecule has 0 radical (unpaired) electrons. The van der Waals surface area contributed by atoms with Gasteiger partial charge in [0.1, 0.15) is 5.52 Å². The van der Waals surface area contributed by atoms with Crippen molar-refractivity contribution in [3.05, 3.63) is 42.2 Å². The second kappa shape index (κ2) is 7.29. The van der Waals surface area contributed by atoms with Crippen molar-refractivity contribution in [3.8, 4) is 0 Å². The molecule has 0 spiro atoms. The van der Waals surface area contributed by atoms with Crippen LogP contribution in [-0.4, -0.2) is 26.1 Å². The third-order valence-electron chi connectivity index (χ3n) is 3.82. The topological polar surface area (TPSA) is 81.7 Å². The van der Waals surface area contributed by atoms with Gasteiger partial charge >= 0.3 is 0 Å². The van der Waals surface area contributed by atoms with E-state index >= 15 is 0 Å². The Kier molecular flexibility index (Phi) is 4.93. The van der Waals surface area contributed by atoms with Gasteiger partial charge in [-0.3, -0.25) is 0 Å². The van der Waals surface area contributed by atoms with Crippen molar-refractivity contribution in [2.24, 2.45) is 5.92 Å². The monoisotopic (exact) mass is 324 g/mol. The van der Waals surface area contributed by atoms with Crippen molar-refractivity contribution in [1.82, 2.24) is 19.5 Å². The van der Waals surface area contributed by atoms with Crippen molar-refractivity contribution in [1.29, 1.82) is 0 Å². The molecule has 0 saturated carbocycles. The van der Waals surface area contributed by atoms with Gasteiger partial charge in [-0.2, -0.15) is 9.97 Å². The Hall–Kier alpha value is -2.63. The maximum atomic E-state index is 6.03. The van der Waals surface area contributed by atoms with Gasteiger partial charge in [-0.25, -0.2) is 4.98 Å². The Morgan fingerprint density at radius 2 is 1.96 bits per heavy atom. The molecule has 0 atom stereocenters. The van der Waals surface area contributed by atoms with E-state index in [0.29, 0.717) is 23.2 Å². The molecule has 6 nitrogen and oxygen atoms in total. The van der Waals surface area contributed by atoms with Crippen molar-refractivity contribution in [2.75, 3.05) is 17.6 Å². The minimum atomic E-state index is 0.424.